The van der Waals surface area contributed by atoms with Gasteiger partial charge in [-0.05, 0) is 18.6 Å². The first-order chi connectivity index (χ1) is 9.40. The van der Waals surface area contributed by atoms with E-state index in [1.807, 2.05) is 0 Å². The van der Waals surface area contributed by atoms with E-state index in [0.29, 0.717) is 11.4 Å². The van der Waals surface area contributed by atoms with Crippen molar-refractivity contribution in [2.24, 2.45) is 0 Å². The molecule has 0 bridgehead atoms. The zero-order valence-electron chi connectivity index (χ0n) is 10.6. The van der Waals surface area contributed by atoms with Gasteiger partial charge in [-0.2, -0.15) is 0 Å². The number of nitrogens with one attached hydrogen (secondary N) is 1. The molecule has 1 aromatic carbocycles. The number of rotatable bonds is 3. The van der Waals surface area contributed by atoms with Crippen molar-refractivity contribution >= 4 is 34.8 Å². The van der Waals surface area contributed by atoms with Crippen LogP contribution in [0.15, 0.2) is 18.2 Å². The molecule has 0 saturated carbocycles. The molecule has 2 rings (SSSR count). The maximum absolute atomic E-state index is 11.9. The van der Waals surface area contributed by atoms with Crippen LogP contribution in [0.25, 0.3) is 0 Å². The van der Waals surface area contributed by atoms with Gasteiger partial charge in [-0.15, -0.1) is 0 Å². The van der Waals surface area contributed by atoms with Crippen molar-refractivity contribution < 1.29 is 14.5 Å². The maximum atomic E-state index is 11.9. The molecule has 1 unspecified atom stereocenters. The van der Waals surface area contributed by atoms with Gasteiger partial charge in [0.1, 0.15) is 11.7 Å². The van der Waals surface area contributed by atoms with Crippen LogP contribution in [0, 0.1) is 10.1 Å². The number of halogens is 1. The molecule has 106 valence electrons. The van der Waals surface area contributed by atoms with Crippen LogP contribution in [0.4, 0.5) is 11.4 Å². The van der Waals surface area contributed by atoms with Crippen molar-refractivity contribution in [2.45, 2.75) is 18.9 Å². The molecule has 7 nitrogen and oxygen atoms in total. The number of carbonyl (C=O) groups is 2. The van der Waals surface area contributed by atoms with Gasteiger partial charge in [0.2, 0.25) is 5.91 Å². The lowest BCUT2D eigenvalue weighted by Gasteiger charge is -2.28. The number of carbonyl (C=O) groups excluding carboxylic acids is 2. The second-order valence-electron chi connectivity index (χ2n) is 4.45. The van der Waals surface area contributed by atoms with Gasteiger partial charge >= 0.3 is 0 Å². The number of anilines is 1. The molecule has 1 aliphatic rings. The number of nitrogens with zero attached hydrogens (tertiary/aromatic N) is 2. The summed E-state index contributed by atoms with van der Waals surface area (Å²) < 4.78 is 0. The van der Waals surface area contributed by atoms with Gasteiger partial charge in [-0.25, -0.2) is 0 Å². The van der Waals surface area contributed by atoms with E-state index in [1.165, 1.54) is 25.2 Å². The number of piperidine rings is 1. The predicted octanol–water partition coefficient (Wildman–Crippen LogP) is 1.81. The molecule has 1 saturated heterocycles. The quantitative estimate of drug-likeness (QED) is 0.522. The Balaban J connectivity index is 2.26. The van der Waals surface area contributed by atoms with Gasteiger partial charge < -0.3 is 5.32 Å². The van der Waals surface area contributed by atoms with Crippen LogP contribution < -0.4 is 5.32 Å². The molecule has 0 aliphatic carbocycles. The second kappa shape index (κ2) is 5.46. The normalized spacial score (nSPS) is 19.1. The van der Waals surface area contributed by atoms with Crippen molar-refractivity contribution in [1.29, 1.82) is 0 Å². The number of imide groups is 1. The number of amides is 2. The van der Waals surface area contributed by atoms with E-state index in [4.69, 9.17) is 11.6 Å². The SMILES string of the molecule is CN1C(=O)CCC(Nc2cc(Cl)ccc2[N+](=O)[O-])C1=O. The lowest BCUT2D eigenvalue weighted by atomic mass is 10.0. The topological polar surface area (TPSA) is 92.6 Å². The number of benzene rings is 1. The lowest BCUT2D eigenvalue weighted by Crippen LogP contribution is -2.48. The maximum Gasteiger partial charge on any atom is 0.292 e. The molecular weight excluding hydrogens is 286 g/mol. The highest BCUT2D eigenvalue weighted by atomic mass is 35.5. The number of nitro benzene ring substituents is 1. The molecule has 0 radical (unpaired) electrons. The summed E-state index contributed by atoms with van der Waals surface area (Å²) in [5.74, 6) is -0.663. The van der Waals surface area contributed by atoms with Crippen LogP contribution >= 0.6 is 11.6 Å². The van der Waals surface area contributed by atoms with Gasteiger partial charge in [-0.3, -0.25) is 24.6 Å². The second-order valence-corrected chi connectivity index (χ2v) is 4.88. The molecule has 1 aromatic rings. The van der Waals surface area contributed by atoms with Crippen LogP contribution in [-0.4, -0.2) is 34.7 Å². The first-order valence-electron chi connectivity index (χ1n) is 5.91. The average molecular weight is 298 g/mol. The monoisotopic (exact) mass is 297 g/mol. The highest BCUT2D eigenvalue weighted by Gasteiger charge is 2.32. The molecule has 1 fully saturated rings. The van der Waals surface area contributed by atoms with E-state index in [2.05, 4.69) is 5.32 Å². The third kappa shape index (κ3) is 2.72. The smallest absolute Gasteiger partial charge is 0.292 e. The molecule has 8 heteroatoms. The highest BCUT2D eigenvalue weighted by molar-refractivity contribution is 6.31. The molecule has 1 aliphatic heterocycles. The molecule has 20 heavy (non-hydrogen) atoms. The first-order valence-corrected chi connectivity index (χ1v) is 6.29. The van der Waals surface area contributed by atoms with Crippen molar-refractivity contribution in [2.75, 3.05) is 12.4 Å². The van der Waals surface area contributed by atoms with Crippen LogP contribution in [0.2, 0.25) is 5.02 Å². The first kappa shape index (κ1) is 14.3. The van der Waals surface area contributed by atoms with Crippen molar-refractivity contribution in [3.63, 3.8) is 0 Å². The lowest BCUT2D eigenvalue weighted by molar-refractivity contribution is -0.384. The van der Waals surface area contributed by atoms with Crippen LogP contribution in [-0.2, 0) is 9.59 Å². The zero-order valence-corrected chi connectivity index (χ0v) is 11.4. The van der Waals surface area contributed by atoms with E-state index in [9.17, 15) is 19.7 Å². The average Bonchev–Trinajstić information content (AvgIpc) is 2.39. The van der Waals surface area contributed by atoms with Crippen molar-refractivity contribution in [3.05, 3.63) is 33.3 Å². The summed E-state index contributed by atoms with van der Waals surface area (Å²) in [6, 6.07) is 3.40. The summed E-state index contributed by atoms with van der Waals surface area (Å²) in [4.78, 5) is 34.7. The molecule has 0 spiro atoms. The fraction of sp³-hybridized carbons (Fsp3) is 0.333. The third-order valence-corrected chi connectivity index (χ3v) is 3.37. The minimum Gasteiger partial charge on any atom is -0.368 e. The number of hydrogen-bond donors (Lipinski definition) is 1. The molecular formula is C12H12ClN3O4. The fourth-order valence-corrected chi connectivity index (χ4v) is 2.19. The van der Waals surface area contributed by atoms with Gasteiger partial charge in [0.15, 0.2) is 0 Å². The summed E-state index contributed by atoms with van der Waals surface area (Å²) in [5, 5.41) is 14.1. The molecule has 1 heterocycles. The number of likely N-dealkylation sites (N-methyl/N-ethyl adjacent to an activating group) is 1. The largest absolute Gasteiger partial charge is 0.368 e. The van der Waals surface area contributed by atoms with Gasteiger partial charge in [0.25, 0.3) is 11.6 Å². The Bertz CT molecular complexity index is 590. The fourth-order valence-electron chi connectivity index (χ4n) is 2.02. The standard InChI is InChI=1S/C12H12ClN3O4/c1-15-11(17)5-3-8(12(15)18)14-9-6-7(13)2-4-10(9)16(19)20/h2,4,6,8,14H,3,5H2,1H3. The molecule has 1 N–H and O–H groups in total. The summed E-state index contributed by atoms with van der Waals surface area (Å²) in [7, 11) is 1.39. The predicted molar refractivity (Wildman–Crippen MR) is 72.5 cm³/mol. The summed E-state index contributed by atoms with van der Waals surface area (Å²) in [5.41, 5.74) is 0.00496. The molecule has 2 amide bonds. The van der Waals surface area contributed by atoms with Crippen LogP contribution in [0.3, 0.4) is 0 Å². The Morgan fingerprint density at radius 3 is 2.80 bits per heavy atom. The summed E-state index contributed by atoms with van der Waals surface area (Å²) in [6.45, 7) is 0. The Kier molecular flexibility index (Phi) is 3.89. The molecule has 0 aromatic heterocycles. The van der Waals surface area contributed by atoms with E-state index in [0.717, 1.165) is 4.90 Å². The van der Waals surface area contributed by atoms with Crippen LogP contribution in [0.1, 0.15) is 12.8 Å². The highest BCUT2D eigenvalue weighted by Crippen LogP contribution is 2.29. The van der Waals surface area contributed by atoms with Crippen molar-refractivity contribution in [3.8, 4) is 0 Å². The number of hydrogen-bond acceptors (Lipinski definition) is 5. The Hall–Kier alpha value is -2.15. The summed E-state index contributed by atoms with van der Waals surface area (Å²) >= 11 is 5.82. The Morgan fingerprint density at radius 1 is 1.45 bits per heavy atom. The number of nitro groups is 1. The Labute approximate surface area is 119 Å². The van der Waals surface area contributed by atoms with E-state index < -0.39 is 16.9 Å². The Morgan fingerprint density at radius 2 is 2.15 bits per heavy atom. The van der Waals surface area contributed by atoms with Gasteiger partial charge in [0, 0.05) is 24.6 Å². The molecule has 1 atom stereocenters. The minimum atomic E-state index is -0.671. The van der Waals surface area contributed by atoms with Crippen molar-refractivity contribution in [1.82, 2.24) is 4.90 Å². The van der Waals surface area contributed by atoms with E-state index in [1.54, 1.807) is 0 Å². The summed E-state index contributed by atoms with van der Waals surface area (Å²) in [6.07, 6.45) is 0.514. The minimum absolute atomic E-state index is 0.165. The van der Waals surface area contributed by atoms with Crippen LogP contribution in [0.5, 0.6) is 0 Å². The van der Waals surface area contributed by atoms with Gasteiger partial charge in [0.05, 0.1) is 4.92 Å². The van der Waals surface area contributed by atoms with E-state index >= 15 is 0 Å². The third-order valence-electron chi connectivity index (χ3n) is 3.13. The van der Waals surface area contributed by atoms with E-state index in [-0.39, 0.29) is 23.7 Å². The van der Waals surface area contributed by atoms with Gasteiger partial charge in [-0.1, -0.05) is 11.6 Å². The zero-order chi connectivity index (χ0) is 14.9. The number of likely N-dealkylation sites (tertiary alicyclic amines) is 1.